The minimum Gasteiger partial charge on any atom is -0.396 e. The van der Waals surface area contributed by atoms with Crippen LogP contribution in [0, 0.1) is 17.8 Å². The molecule has 0 unspecified atom stereocenters. The van der Waals surface area contributed by atoms with Crippen molar-refractivity contribution in [2.45, 2.75) is 19.3 Å². The van der Waals surface area contributed by atoms with Crippen LogP contribution in [0.3, 0.4) is 0 Å². The van der Waals surface area contributed by atoms with E-state index in [9.17, 15) is 14.4 Å². The Bertz CT molecular complexity index is 955. The van der Waals surface area contributed by atoms with Gasteiger partial charge in [0, 0.05) is 57.0 Å². The highest BCUT2D eigenvalue weighted by Crippen LogP contribution is 2.46. The van der Waals surface area contributed by atoms with Crippen molar-refractivity contribution in [2.75, 3.05) is 33.3 Å². The fourth-order valence-corrected chi connectivity index (χ4v) is 5.07. The summed E-state index contributed by atoms with van der Waals surface area (Å²) in [5.74, 6) is 0.307. The molecule has 1 saturated carbocycles. The molecule has 8 nitrogen and oxygen atoms in total. The van der Waals surface area contributed by atoms with Gasteiger partial charge in [0.15, 0.2) is 4.96 Å². The van der Waals surface area contributed by atoms with Crippen LogP contribution in [0.2, 0.25) is 0 Å². The quantitative estimate of drug-likeness (QED) is 0.791. The first-order chi connectivity index (χ1) is 13.5. The van der Waals surface area contributed by atoms with Crippen molar-refractivity contribution in [1.29, 1.82) is 0 Å². The van der Waals surface area contributed by atoms with E-state index in [1.165, 1.54) is 21.9 Å². The standard InChI is InChI=1S/C19H24N4O4S/c1-21(4-2-7-24)16(25)13-9-12-3-5-22(11-15(12)13)17(26)14-10-20-19-23(18(14)27)6-8-28-19/h6,8,10,12-13,15,24H,2-5,7,9,11H2,1H3/t12-,13-,15-/m1/s1. The van der Waals surface area contributed by atoms with Gasteiger partial charge in [0.25, 0.3) is 11.5 Å². The molecule has 4 rings (SSSR count). The van der Waals surface area contributed by atoms with E-state index in [2.05, 4.69) is 4.98 Å². The van der Waals surface area contributed by atoms with Crippen molar-refractivity contribution in [3.8, 4) is 0 Å². The van der Waals surface area contributed by atoms with Gasteiger partial charge < -0.3 is 14.9 Å². The second-order valence-corrected chi connectivity index (χ2v) is 8.55. The molecule has 2 aliphatic rings. The first-order valence-electron chi connectivity index (χ1n) is 9.61. The van der Waals surface area contributed by atoms with Crippen molar-refractivity contribution in [3.05, 3.63) is 33.7 Å². The molecular weight excluding hydrogens is 380 g/mol. The highest BCUT2D eigenvalue weighted by atomic mass is 32.1. The summed E-state index contributed by atoms with van der Waals surface area (Å²) in [5.41, 5.74) is -0.264. The largest absolute Gasteiger partial charge is 0.396 e. The van der Waals surface area contributed by atoms with Crippen LogP contribution in [0.4, 0.5) is 0 Å². The molecule has 150 valence electrons. The molecule has 2 aromatic rings. The van der Waals surface area contributed by atoms with Crippen LogP contribution in [0.5, 0.6) is 0 Å². The van der Waals surface area contributed by atoms with E-state index in [0.717, 1.165) is 12.8 Å². The lowest BCUT2D eigenvalue weighted by atomic mass is 9.61. The van der Waals surface area contributed by atoms with Gasteiger partial charge in [-0.05, 0) is 31.1 Å². The molecule has 2 fully saturated rings. The second-order valence-electron chi connectivity index (χ2n) is 7.68. The number of hydrogen-bond donors (Lipinski definition) is 1. The van der Waals surface area contributed by atoms with Crippen LogP contribution in [0.15, 0.2) is 22.6 Å². The zero-order valence-corrected chi connectivity index (χ0v) is 16.6. The third-order valence-electron chi connectivity index (χ3n) is 6.09. The fraction of sp³-hybridized carbons (Fsp3) is 0.579. The van der Waals surface area contributed by atoms with Crippen LogP contribution >= 0.6 is 11.3 Å². The number of amides is 2. The number of aromatic nitrogens is 2. The van der Waals surface area contributed by atoms with Crippen LogP contribution in [0.1, 0.15) is 29.6 Å². The molecule has 0 bridgehead atoms. The molecule has 3 atom stereocenters. The Morgan fingerprint density at radius 3 is 3.04 bits per heavy atom. The summed E-state index contributed by atoms with van der Waals surface area (Å²) in [6, 6.07) is 0. The number of aliphatic hydroxyl groups excluding tert-OH is 1. The molecule has 0 spiro atoms. The van der Waals surface area contributed by atoms with Crippen LogP contribution in [-0.2, 0) is 4.79 Å². The van der Waals surface area contributed by atoms with Crippen molar-refractivity contribution in [2.24, 2.45) is 17.8 Å². The number of carbonyl (C=O) groups is 2. The summed E-state index contributed by atoms with van der Waals surface area (Å²) >= 11 is 1.35. The van der Waals surface area contributed by atoms with Crippen LogP contribution in [-0.4, -0.2) is 69.4 Å². The summed E-state index contributed by atoms with van der Waals surface area (Å²) in [6.07, 6.45) is 5.28. The van der Waals surface area contributed by atoms with E-state index in [-0.39, 0.29) is 41.4 Å². The second kappa shape index (κ2) is 7.63. The predicted molar refractivity (Wildman–Crippen MR) is 104 cm³/mol. The summed E-state index contributed by atoms with van der Waals surface area (Å²) in [5, 5.41) is 10.7. The van der Waals surface area contributed by atoms with E-state index < -0.39 is 0 Å². The first kappa shape index (κ1) is 19.1. The molecule has 2 aromatic heterocycles. The van der Waals surface area contributed by atoms with E-state index in [1.807, 2.05) is 0 Å². The Hall–Kier alpha value is -2.26. The fourth-order valence-electron chi connectivity index (χ4n) is 4.40. The van der Waals surface area contributed by atoms with Gasteiger partial charge in [-0.2, -0.15) is 0 Å². The molecule has 1 N–H and O–H groups in total. The monoisotopic (exact) mass is 404 g/mol. The summed E-state index contributed by atoms with van der Waals surface area (Å²) in [6.45, 7) is 1.70. The van der Waals surface area contributed by atoms with Gasteiger partial charge in [-0.3, -0.25) is 18.8 Å². The topological polar surface area (TPSA) is 95.2 Å². The van der Waals surface area contributed by atoms with Gasteiger partial charge in [-0.1, -0.05) is 0 Å². The number of thiazole rings is 1. The Balaban J connectivity index is 1.47. The van der Waals surface area contributed by atoms with E-state index in [4.69, 9.17) is 5.11 Å². The van der Waals surface area contributed by atoms with E-state index in [0.29, 0.717) is 36.9 Å². The maximum absolute atomic E-state index is 13.0. The zero-order valence-electron chi connectivity index (χ0n) is 15.8. The molecular formula is C19H24N4O4S. The Morgan fingerprint density at radius 2 is 2.25 bits per heavy atom. The zero-order chi connectivity index (χ0) is 19.8. The molecule has 3 heterocycles. The van der Waals surface area contributed by atoms with Gasteiger partial charge in [-0.25, -0.2) is 4.98 Å². The lowest BCUT2D eigenvalue weighted by Gasteiger charge is -2.51. The van der Waals surface area contributed by atoms with Gasteiger partial charge in [0.05, 0.1) is 0 Å². The van der Waals surface area contributed by atoms with E-state index >= 15 is 0 Å². The first-order valence-corrected chi connectivity index (χ1v) is 10.5. The average Bonchev–Trinajstić information content (AvgIpc) is 3.16. The number of rotatable bonds is 5. The average molecular weight is 404 g/mol. The third kappa shape index (κ3) is 3.22. The summed E-state index contributed by atoms with van der Waals surface area (Å²) in [7, 11) is 1.76. The van der Waals surface area contributed by atoms with E-state index in [1.54, 1.807) is 28.4 Å². The Kier molecular flexibility index (Phi) is 5.20. The SMILES string of the molecule is CN(CCCO)C(=O)[C@@H]1C[C@H]2CCN(C(=O)c3cnc4sccn4c3=O)C[C@H]21. The number of aliphatic hydroxyl groups is 1. The normalized spacial score (nSPS) is 23.9. The maximum atomic E-state index is 13.0. The maximum Gasteiger partial charge on any atom is 0.271 e. The smallest absolute Gasteiger partial charge is 0.271 e. The number of nitrogens with zero attached hydrogens (tertiary/aromatic N) is 4. The predicted octanol–water partition coefficient (Wildman–Crippen LogP) is 0.695. The minimum atomic E-state index is -0.344. The highest BCUT2D eigenvalue weighted by molar-refractivity contribution is 7.15. The minimum absolute atomic E-state index is 0.0642. The van der Waals surface area contributed by atoms with Crippen molar-refractivity contribution < 1.29 is 14.7 Å². The van der Waals surface area contributed by atoms with Crippen LogP contribution in [0.25, 0.3) is 4.96 Å². The summed E-state index contributed by atoms with van der Waals surface area (Å²) < 4.78 is 1.40. The van der Waals surface area contributed by atoms with Crippen LogP contribution < -0.4 is 5.56 Å². The number of hydrogen-bond acceptors (Lipinski definition) is 6. The molecule has 1 aliphatic carbocycles. The Morgan fingerprint density at radius 1 is 1.43 bits per heavy atom. The molecule has 0 aromatic carbocycles. The number of piperidine rings is 1. The van der Waals surface area contributed by atoms with Gasteiger partial charge >= 0.3 is 0 Å². The van der Waals surface area contributed by atoms with Crippen molar-refractivity contribution in [1.82, 2.24) is 19.2 Å². The molecule has 2 amide bonds. The van der Waals surface area contributed by atoms with Gasteiger partial charge in [0.1, 0.15) is 5.56 Å². The molecule has 28 heavy (non-hydrogen) atoms. The lowest BCUT2D eigenvalue weighted by Crippen LogP contribution is -2.56. The molecule has 9 heteroatoms. The number of carbonyl (C=O) groups excluding carboxylic acids is 2. The van der Waals surface area contributed by atoms with Crippen molar-refractivity contribution >= 4 is 28.1 Å². The third-order valence-corrected chi connectivity index (χ3v) is 6.86. The number of fused-ring (bicyclic) bond motifs is 2. The lowest BCUT2D eigenvalue weighted by molar-refractivity contribution is -0.146. The molecule has 1 saturated heterocycles. The summed E-state index contributed by atoms with van der Waals surface area (Å²) in [4.78, 5) is 46.4. The number of likely N-dealkylation sites (tertiary alicyclic amines) is 1. The van der Waals surface area contributed by atoms with Crippen molar-refractivity contribution in [3.63, 3.8) is 0 Å². The Labute approximate surface area is 166 Å². The highest BCUT2D eigenvalue weighted by Gasteiger charge is 2.49. The molecule has 0 radical (unpaired) electrons. The van der Waals surface area contributed by atoms with Gasteiger partial charge in [-0.15, -0.1) is 11.3 Å². The van der Waals surface area contributed by atoms with Gasteiger partial charge in [0.2, 0.25) is 5.91 Å². The molecule has 1 aliphatic heterocycles.